The molecule has 0 saturated carbocycles. The van der Waals surface area contributed by atoms with Gasteiger partial charge >= 0.3 is 0 Å². The predicted octanol–water partition coefficient (Wildman–Crippen LogP) is 4.74. The van der Waals surface area contributed by atoms with Crippen LogP contribution >= 0.6 is 15.9 Å². The van der Waals surface area contributed by atoms with Crippen LogP contribution in [0.4, 0.5) is 20.2 Å². The van der Waals surface area contributed by atoms with Crippen LogP contribution in [0.2, 0.25) is 0 Å². The number of anilines is 2. The molecule has 7 heteroatoms. The first-order valence-electron chi connectivity index (χ1n) is 8.45. The molecule has 2 aromatic rings. The van der Waals surface area contributed by atoms with E-state index in [0.717, 1.165) is 31.6 Å². The van der Waals surface area contributed by atoms with E-state index in [1.165, 1.54) is 30.7 Å². The maximum Gasteiger partial charge on any atom is 0.262 e. The molecule has 0 bridgehead atoms. The lowest BCUT2D eigenvalue weighted by Gasteiger charge is -2.30. The molecule has 1 N–H and O–H groups in total. The van der Waals surface area contributed by atoms with Crippen molar-refractivity contribution < 1.29 is 18.3 Å². The van der Waals surface area contributed by atoms with Gasteiger partial charge in [-0.1, -0.05) is 15.9 Å². The highest BCUT2D eigenvalue weighted by molar-refractivity contribution is 9.10. The first kappa shape index (κ1) is 18.6. The van der Waals surface area contributed by atoms with Gasteiger partial charge < -0.3 is 15.0 Å². The summed E-state index contributed by atoms with van der Waals surface area (Å²) in [7, 11) is 0. The maximum absolute atomic E-state index is 13.7. The van der Waals surface area contributed by atoms with E-state index in [0.29, 0.717) is 10.2 Å². The van der Waals surface area contributed by atoms with Crippen LogP contribution in [0.5, 0.6) is 5.75 Å². The number of nitrogens with zero attached hydrogens (tertiary/aromatic N) is 1. The van der Waals surface area contributed by atoms with Crippen LogP contribution in [0, 0.1) is 11.6 Å². The monoisotopic (exact) mass is 424 g/mol. The van der Waals surface area contributed by atoms with Crippen LogP contribution in [0.15, 0.2) is 40.9 Å². The van der Waals surface area contributed by atoms with Crippen molar-refractivity contribution in [3.63, 3.8) is 0 Å². The number of ether oxygens (including phenoxy) is 1. The Morgan fingerprint density at radius 1 is 1.12 bits per heavy atom. The SMILES string of the molecule is O=C(COc1ccc(Br)cc1F)Nc1cc(F)ccc1N1CCCCC1. The second kappa shape index (κ2) is 8.49. The van der Waals surface area contributed by atoms with Crippen molar-refractivity contribution in [3.05, 3.63) is 52.5 Å². The van der Waals surface area contributed by atoms with Gasteiger partial charge in [-0.05, 0) is 55.7 Å². The van der Waals surface area contributed by atoms with Crippen LogP contribution in [-0.2, 0) is 4.79 Å². The Morgan fingerprint density at radius 3 is 2.62 bits per heavy atom. The molecule has 0 radical (unpaired) electrons. The highest BCUT2D eigenvalue weighted by atomic mass is 79.9. The van der Waals surface area contributed by atoms with Gasteiger partial charge in [-0.15, -0.1) is 0 Å². The fourth-order valence-corrected chi connectivity index (χ4v) is 3.27. The van der Waals surface area contributed by atoms with Gasteiger partial charge in [0.05, 0.1) is 11.4 Å². The molecule has 0 aromatic heterocycles. The Hall–Kier alpha value is -2.15. The van der Waals surface area contributed by atoms with Crippen LogP contribution in [0.25, 0.3) is 0 Å². The molecule has 1 saturated heterocycles. The molecular weight excluding hydrogens is 406 g/mol. The number of hydrogen-bond donors (Lipinski definition) is 1. The predicted molar refractivity (Wildman–Crippen MR) is 101 cm³/mol. The fraction of sp³-hybridized carbons (Fsp3) is 0.316. The van der Waals surface area contributed by atoms with E-state index in [1.54, 1.807) is 12.1 Å². The van der Waals surface area contributed by atoms with Crippen LogP contribution in [0.1, 0.15) is 19.3 Å². The summed E-state index contributed by atoms with van der Waals surface area (Å²) in [5.41, 5.74) is 1.19. The molecule has 4 nitrogen and oxygen atoms in total. The summed E-state index contributed by atoms with van der Waals surface area (Å²) in [5, 5.41) is 2.67. The van der Waals surface area contributed by atoms with Crippen molar-refractivity contribution in [2.24, 2.45) is 0 Å². The molecule has 0 spiro atoms. The molecule has 1 aliphatic rings. The third-order valence-electron chi connectivity index (χ3n) is 4.18. The fourth-order valence-electron chi connectivity index (χ4n) is 2.94. The van der Waals surface area contributed by atoms with Gasteiger partial charge in [-0.2, -0.15) is 0 Å². The van der Waals surface area contributed by atoms with Crippen molar-refractivity contribution in [1.29, 1.82) is 0 Å². The summed E-state index contributed by atoms with van der Waals surface area (Å²) in [5.74, 6) is -1.48. The van der Waals surface area contributed by atoms with Crippen molar-refractivity contribution in [1.82, 2.24) is 0 Å². The molecule has 1 amide bonds. The van der Waals surface area contributed by atoms with Crippen molar-refractivity contribution in [3.8, 4) is 5.75 Å². The zero-order valence-electron chi connectivity index (χ0n) is 14.1. The first-order valence-corrected chi connectivity index (χ1v) is 9.24. The Labute approximate surface area is 159 Å². The average molecular weight is 425 g/mol. The number of hydrogen-bond acceptors (Lipinski definition) is 3. The van der Waals surface area contributed by atoms with Gasteiger partial charge in [-0.3, -0.25) is 4.79 Å². The van der Waals surface area contributed by atoms with E-state index in [2.05, 4.69) is 26.1 Å². The minimum atomic E-state index is -0.563. The van der Waals surface area contributed by atoms with Gasteiger partial charge in [0.25, 0.3) is 5.91 Å². The summed E-state index contributed by atoms with van der Waals surface area (Å²) in [6, 6.07) is 8.67. The standard InChI is InChI=1S/C19H19BrF2N2O2/c20-13-4-7-18(15(22)10-13)26-12-19(25)23-16-11-14(21)5-6-17(16)24-8-2-1-3-9-24/h4-7,10-11H,1-3,8-9,12H2,(H,23,25). The number of amides is 1. The van der Waals surface area contributed by atoms with Gasteiger partial charge in [0.15, 0.2) is 18.2 Å². The van der Waals surface area contributed by atoms with Crippen LogP contribution in [-0.4, -0.2) is 25.6 Å². The summed E-state index contributed by atoms with van der Waals surface area (Å²) < 4.78 is 33.2. The summed E-state index contributed by atoms with van der Waals surface area (Å²) in [6.45, 7) is 1.37. The average Bonchev–Trinajstić information content (AvgIpc) is 2.62. The molecule has 138 valence electrons. The lowest BCUT2D eigenvalue weighted by Crippen LogP contribution is -2.31. The molecule has 0 atom stereocenters. The quantitative estimate of drug-likeness (QED) is 0.753. The maximum atomic E-state index is 13.7. The number of benzene rings is 2. The Bertz CT molecular complexity index is 795. The summed E-state index contributed by atoms with van der Waals surface area (Å²) >= 11 is 3.16. The van der Waals surface area contributed by atoms with E-state index < -0.39 is 17.5 Å². The number of halogens is 3. The molecule has 1 aliphatic heterocycles. The lowest BCUT2D eigenvalue weighted by atomic mass is 10.1. The van der Waals surface area contributed by atoms with E-state index in [9.17, 15) is 13.6 Å². The third-order valence-corrected chi connectivity index (χ3v) is 4.68. The van der Waals surface area contributed by atoms with Gasteiger partial charge in [0.1, 0.15) is 5.82 Å². The zero-order valence-corrected chi connectivity index (χ0v) is 15.7. The Balaban J connectivity index is 1.67. The molecule has 26 heavy (non-hydrogen) atoms. The van der Waals surface area contributed by atoms with Crippen molar-refractivity contribution in [2.45, 2.75) is 19.3 Å². The summed E-state index contributed by atoms with van der Waals surface area (Å²) in [4.78, 5) is 14.3. The normalized spacial score (nSPS) is 14.2. The number of carbonyl (C=O) groups excluding carboxylic acids is 1. The third kappa shape index (κ3) is 4.72. The second-order valence-electron chi connectivity index (χ2n) is 6.12. The van der Waals surface area contributed by atoms with Gasteiger partial charge in [0, 0.05) is 17.6 Å². The molecule has 1 fully saturated rings. The van der Waals surface area contributed by atoms with Crippen LogP contribution < -0.4 is 15.0 Å². The largest absolute Gasteiger partial charge is 0.481 e. The number of nitrogens with one attached hydrogen (secondary N) is 1. The number of rotatable bonds is 5. The summed E-state index contributed by atoms with van der Waals surface area (Å²) in [6.07, 6.45) is 3.30. The van der Waals surface area contributed by atoms with E-state index in [4.69, 9.17) is 4.74 Å². The molecule has 3 rings (SSSR count). The smallest absolute Gasteiger partial charge is 0.262 e. The van der Waals surface area contributed by atoms with E-state index in [-0.39, 0.29) is 12.4 Å². The van der Waals surface area contributed by atoms with Crippen molar-refractivity contribution >= 4 is 33.2 Å². The van der Waals surface area contributed by atoms with Crippen LogP contribution in [0.3, 0.4) is 0 Å². The second-order valence-corrected chi connectivity index (χ2v) is 7.04. The Morgan fingerprint density at radius 2 is 1.88 bits per heavy atom. The highest BCUT2D eigenvalue weighted by Gasteiger charge is 2.17. The molecule has 2 aromatic carbocycles. The lowest BCUT2D eigenvalue weighted by molar-refractivity contribution is -0.118. The minimum absolute atomic E-state index is 0.0150. The van der Waals surface area contributed by atoms with Gasteiger partial charge in [0.2, 0.25) is 0 Å². The molecule has 1 heterocycles. The molecule has 0 unspecified atom stereocenters. The first-order chi connectivity index (χ1) is 12.5. The van der Waals surface area contributed by atoms with E-state index >= 15 is 0 Å². The molecule has 0 aliphatic carbocycles. The number of carbonyl (C=O) groups is 1. The molecular formula is C19H19BrF2N2O2. The minimum Gasteiger partial charge on any atom is -0.481 e. The topological polar surface area (TPSA) is 41.6 Å². The van der Waals surface area contributed by atoms with E-state index in [1.807, 2.05) is 0 Å². The van der Waals surface area contributed by atoms with Crippen molar-refractivity contribution in [2.75, 3.05) is 29.9 Å². The Kier molecular flexibility index (Phi) is 6.08. The number of piperidine rings is 1. The zero-order chi connectivity index (χ0) is 18.5. The van der Waals surface area contributed by atoms with Gasteiger partial charge in [-0.25, -0.2) is 8.78 Å². The highest BCUT2D eigenvalue weighted by Crippen LogP contribution is 2.29.